The third kappa shape index (κ3) is 2.03. The van der Waals surface area contributed by atoms with Crippen LogP contribution in [0.2, 0.25) is 5.02 Å². The Morgan fingerprint density at radius 2 is 2.07 bits per heavy atom. The van der Waals surface area contributed by atoms with Gasteiger partial charge in [-0.15, -0.1) is 0 Å². The number of nitrogens with zero attached hydrogens (tertiary/aromatic N) is 1. The Balaban J connectivity index is 2.45. The van der Waals surface area contributed by atoms with E-state index in [0.717, 1.165) is 28.3 Å². The lowest BCUT2D eigenvalue weighted by molar-refractivity contribution is 0.902. The zero-order valence-electron chi connectivity index (χ0n) is 8.20. The van der Waals surface area contributed by atoms with Gasteiger partial charge in [-0.3, -0.25) is 5.10 Å². The minimum atomic E-state index is 0.597. The van der Waals surface area contributed by atoms with E-state index in [0.29, 0.717) is 6.54 Å². The Labute approximate surface area is 93.3 Å². The predicted molar refractivity (Wildman–Crippen MR) is 61.8 cm³/mol. The fraction of sp³-hybridized carbons (Fsp3) is 0.182. The quantitative estimate of drug-likeness (QED) is 0.835. The number of benzene rings is 1. The molecule has 4 heteroatoms. The molecule has 1 aromatic heterocycles. The summed E-state index contributed by atoms with van der Waals surface area (Å²) in [4.78, 5) is 0. The van der Waals surface area contributed by atoms with Crippen LogP contribution in [0, 0.1) is 0 Å². The van der Waals surface area contributed by atoms with Gasteiger partial charge >= 0.3 is 0 Å². The van der Waals surface area contributed by atoms with Crippen LogP contribution in [0.1, 0.15) is 5.69 Å². The first-order chi connectivity index (χ1) is 7.33. The molecule has 3 N–H and O–H groups in total. The molecule has 15 heavy (non-hydrogen) atoms. The van der Waals surface area contributed by atoms with Gasteiger partial charge in [-0.05, 0) is 12.6 Å². The van der Waals surface area contributed by atoms with Crippen molar-refractivity contribution in [3.05, 3.63) is 41.2 Å². The van der Waals surface area contributed by atoms with E-state index in [2.05, 4.69) is 10.2 Å². The number of rotatable bonds is 3. The van der Waals surface area contributed by atoms with Crippen LogP contribution in [-0.2, 0) is 6.42 Å². The highest BCUT2D eigenvalue weighted by Gasteiger charge is 2.09. The molecule has 0 aliphatic heterocycles. The summed E-state index contributed by atoms with van der Waals surface area (Å²) in [5, 5.41) is 7.70. The van der Waals surface area contributed by atoms with Crippen molar-refractivity contribution in [2.45, 2.75) is 6.42 Å². The summed E-state index contributed by atoms with van der Waals surface area (Å²) in [6.07, 6.45) is 2.56. The molecule has 0 aliphatic rings. The van der Waals surface area contributed by atoms with Crippen LogP contribution in [0.3, 0.4) is 0 Å². The molecular weight excluding hydrogens is 210 g/mol. The van der Waals surface area contributed by atoms with Gasteiger partial charge in [0.1, 0.15) is 0 Å². The first kappa shape index (κ1) is 10.2. The van der Waals surface area contributed by atoms with Crippen molar-refractivity contribution in [1.82, 2.24) is 10.2 Å². The van der Waals surface area contributed by atoms with Crippen LogP contribution in [0.5, 0.6) is 0 Å². The maximum atomic E-state index is 6.11. The average molecular weight is 222 g/mol. The Morgan fingerprint density at radius 1 is 1.27 bits per heavy atom. The molecule has 78 valence electrons. The van der Waals surface area contributed by atoms with E-state index in [4.69, 9.17) is 17.3 Å². The van der Waals surface area contributed by atoms with Crippen LogP contribution < -0.4 is 5.73 Å². The summed E-state index contributed by atoms with van der Waals surface area (Å²) >= 11 is 6.11. The third-order valence-corrected chi connectivity index (χ3v) is 2.61. The van der Waals surface area contributed by atoms with Gasteiger partial charge in [0.2, 0.25) is 0 Å². The second-order valence-corrected chi connectivity index (χ2v) is 3.69. The number of nitrogens with one attached hydrogen (secondary N) is 1. The molecule has 0 fully saturated rings. The maximum absolute atomic E-state index is 6.11. The lowest BCUT2D eigenvalue weighted by atomic mass is 10.1. The molecule has 1 heterocycles. The van der Waals surface area contributed by atoms with Crippen molar-refractivity contribution in [3.8, 4) is 11.1 Å². The van der Waals surface area contributed by atoms with Gasteiger partial charge in [0, 0.05) is 28.3 Å². The van der Waals surface area contributed by atoms with Crippen molar-refractivity contribution in [2.75, 3.05) is 6.54 Å². The Hall–Kier alpha value is -1.32. The van der Waals surface area contributed by atoms with Crippen LogP contribution in [0.25, 0.3) is 11.1 Å². The molecule has 2 aromatic rings. The Bertz CT molecular complexity index is 451. The highest BCUT2D eigenvalue weighted by Crippen LogP contribution is 2.29. The second kappa shape index (κ2) is 4.47. The summed E-state index contributed by atoms with van der Waals surface area (Å²) in [5.74, 6) is 0. The van der Waals surface area contributed by atoms with Gasteiger partial charge < -0.3 is 5.73 Å². The summed E-state index contributed by atoms with van der Waals surface area (Å²) in [6, 6.07) is 7.72. The summed E-state index contributed by atoms with van der Waals surface area (Å²) in [6.45, 7) is 0.597. The van der Waals surface area contributed by atoms with Gasteiger partial charge in [-0.2, -0.15) is 5.10 Å². The van der Waals surface area contributed by atoms with Crippen LogP contribution in [0.4, 0.5) is 0 Å². The largest absolute Gasteiger partial charge is 0.330 e. The summed E-state index contributed by atoms with van der Waals surface area (Å²) in [7, 11) is 0. The molecule has 0 saturated heterocycles. The number of aromatic nitrogens is 2. The zero-order chi connectivity index (χ0) is 10.7. The molecule has 0 spiro atoms. The summed E-state index contributed by atoms with van der Waals surface area (Å²) in [5.41, 5.74) is 8.59. The normalized spacial score (nSPS) is 10.5. The van der Waals surface area contributed by atoms with Gasteiger partial charge in [-0.25, -0.2) is 0 Å². The Morgan fingerprint density at radius 3 is 2.80 bits per heavy atom. The first-order valence-electron chi connectivity index (χ1n) is 4.80. The van der Waals surface area contributed by atoms with E-state index >= 15 is 0 Å². The number of aromatic amines is 1. The number of halogens is 1. The van der Waals surface area contributed by atoms with Gasteiger partial charge in [-0.1, -0.05) is 29.8 Å². The van der Waals surface area contributed by atoms with Crippen molar-refractivity contribution >= 4 is 11.6 Å². The zero-order valence-corrected chi connectivity index (χ0v) is 8.96. The monoisotopic (exact) mass is 221 g/mol. The number of H-pyrrole nitrogens is 1. The molecule has 0 radical (unpaired) electrons. The topological polar surface area (TPSA) is 54.7 Å². The molecule has 0 saturated carbocycles. The molecule has 0 aliphatic carbocycles. The molecule has 3 nitrogen and oxygen atoms in total. The highest BCUT2D eigenvalue weighted by atomic mass is 35.5. The maximum Gasteiger partial charge on any atom is 0.0569 e. The number of nitrogens with two attached hydrogens (primary N) is 1. The van der Waals surface area contributed by atoms with E-state index in [-0.39, 0.29) is 0 Å². The van der Waals surface area contributed by atoms with Gasteiger partial charge in [0.25, 0.3) is 0 Å². The predicted octanol–water partition coefficient (Wildman–Crippen LogP) is 2.23. The van der Waals surface area contributed by atoms with E-state index < -0.39 is 0 Å². The number of hydrogen-bond acceptors (Lipinski definition) is 2. The fourth-order valence-electron chi connectivity index (χ4n) is 1.56. The van der Waals surface area contributed by atoms with Gasteiger partial charge in [0.05, 0.1) is 6.20 Å². The van der Waals surface area contributed by atoms with Crippen molar-refractivity contribution in [1.29, 1.82) is 0 Å². The van der Waals surface area contributed by atoms with E-state index in [1.807, 2.05) is 24.3 Å². The molecule has 0 unspecified atom stereocenters. The minimum absolute atomic E-state index is 0.597. The van der Waals surface area contributed by atoms with Crippen molar-refractivity contribution in [3.63, 3.8) is 0 Å². The average Bonchev–Trinajstić information content (AvgIpc) is 2.67. The van der Waals surface area contributed by atoms with Crippen molar-refractivity contribution in [2.24, 2.45) is 5.73 Å². The molecule has 0 amide bonds. The highest BCUT2D eigenvalue weighted by molar-refractivity contribution is 6.33. The van der Waals surface area contributed by atoms with Crippen LogP contribution in [0.15, 0.2) is 30.5 Å². The van der Waals surface area contributed by atoms with E-state index in [1.54, 1.807) is 6.20 Å². The lowest BCUT2D eigenvalue weighted by Gasteiger charge is -2.03. The molecule has 0 atom stereocenters. The van der Waals surface area contributed by atoms with E-state index in [1.165, 1.54) is 0 Å². The van der Waals surface area contributed by atoms with Crippen molar-refractivity contribution < 1.29 is 0 Å². The Kier molecular flexibility index (Phi) is 3.04. The molecule has 0 bridgehead atoms. The van der Waals surface area contributed by atoms with Crippen LogP contribution in [-0.4, -0.2) is 16.7 Å². The molecule has 2 rings (SSSR count). The smallest absolute Gasteiger partial charge is 0.0569 e. The SMILES string of the molecule is NCCc1[nH]ncc1-c1ccccc1Cl. The fourth-order valence-corrected chi connectivity index (χ4v) is 1.80. The molecule has 1 aromatic carbocycles. The minimum Gasteiger partial charge on any atom is -0.330 e. The number of hydrogen-bond donors (Lipinski definition) is 2. The second-order valence-electron chi connectivity index (χ2n) is 3.28. The van der Waals surface area contributed by atoms with E-state index in [9.17, 15) is 0 Å². The third-order valence-electron chi connectivity index (χ3n) is 2.28. The standard InChI is InChI=1S/C11H12ClN3/c12-10-4-2-1-3-8(10)9-7-14-15-11(9)5-6-13/h1-4,7H,5-6,13H2,(H,14,15). The van der Waals surface area contributed by atoms with Crippen LogP contribution >= 0.6 is 11.6 Å². The first-order valence-corrected chi connectivity index (χ1v) is 5.18. The molecular formula is C11H12ClN3. The van der Waals surface area contributed by atoms with Gasteiger partial charge in [0.15, 0.2) is 0 Å². The summed E-state index contributed by atoms with van der Waals surface area (Å²) < 4.78 is 0. The lowest BCUT2D eigenvalue weighted by Crippen LogP contribution is -2.04.